The second-order valence-corrected chi connectivity index (χ2v) is 21.2. The molecule has 0 spiro atoms. The Morgan fingerprint density at radius 1 is 0.873 bits per heavy atom. The van der Waals surface area contributed by atoms with Crippen LogP contribution in [0.25, 0.3) is 0 Å². The van der Waals surface area contributed by atoms with Gasteiger partial charge in [0.1, 0.15) is 49.1 Å². The number of nitrogens with one attached hydrogen (secondary N) is 1. The highest BCUT2D eigenvalue weighted by Crippen LogP contribution is 2.33. The maximum absolute atomic E-state index is 14.8. The van der Waals surface area contributed by atoms with Crippen LogP contribution < -0.4 is 14.8 Å². The number of methoxy groups -OCH3 is 2. The maximum Gasteiger partial charge on any atom is 0.410 e. The molecular formula is C57H82N4O18. The molecule has 2 aliphatic rings. The van der Waals surface area contributed by atoms with Gasteiger partial charge in [-0.1, -0.05) is 91.1 Å². The van der Waals surface area contributed by atoms with E-state index in [2.05, 4.69) is 11.2 Å². The van der Waals surface area contributed by atoms with Crippen LogP contribution in [0.2, 0.25) is 0 Å². The Kier molecular flexibility index (Phi) is 25.0. The molecule has 2 saturated heterocycles. The van der Waals surface area contributed by atoms with Crippen molar-refractivity contribution in [3.05, 3.63) is 59.7 Å². The topological polar surface area (TPSA) is 298 Å². The molecule has 6 N–H and O–H groups in total. The lowest BCUT2D eigenvalue weighted by Crippen LogP contribution is -2.61. The van der Waals surface area contributed by atoms with Gasteiger partial charge >= 0.3 is 18.0 Å². The van der Waals surface area contributed by atoms with Crippen molar-refractivity contribution in [2.45, 2.75) is 161 Å². The summed E-state index contributed by atoms with van der Waals surface area (Å²) in [5.41, 5.74) is 1.04. The highest BCUT2D eigenvalue weighted by molar-refractivity contribution is 5.92. The Morgan fingerprint density at radius 3 is 2.11 bits per heavy atom. The van der Waals surface area contributed by atoms with E-state index >= 15 is 0 Å². The number of aliphatic carboxylic acids is 2. The van der Waals surface area contributed by atoms with Crippen LogP contribution in [-0.2, 0) is 60.7 Å². The summed E-state index contributed by atoms with van der Waals surface area (Å²) in [6, 6.07) is 9.73. The number of terminal acetylenes is 1. The second kappa shape index (κ2) is 30.3. The zero-order valence-corrected chi connectivity index (χ0v) is 47.2. The first-order valence-electron chi connectivity index (χ1n) is 26.7. The lowest BCUT2D eigenvalue weighted by atomic mass is 9.83. The quantitative estimate of drug-likeness (QED) is 0.0635. The highest BCUT2D eigenvalue weighted by Gasteiger charge is 2.49. The van der Waals surface area contributed by atoms with Crippen LogP contribution in [0, 0.1) is 41.9 Å². The van der Waals surface area contributed by atoms with Crippen molar-refractivity contribution in [1.82, 2.24) is 20.0 Å². The number of carboxylic acid groups (broad SMARTS) is 2. The molecule has 2 aromatic carbocycles. The van der Waals surface area contributed by atoms with E-state index in [-0.39, 0.29) is 67.6 Å². The molecule has 2 unspecified atom stereocenters. The second-order valence-electron chi connectivity index (χ2n) is 21.2. The molecule has 438 valence electrons. The largest absolute Gasteiger partial charge is 0.480 e. The first-order chi connectivity index (χ1) is 37.3. The van der Waals surface area contributed by atoms with E-state index < -0.39 is 115 Å². The minimum absolute atomic E-state index is 0.0283. The van der Waals surface area contributed by atoms with Crippen molar-refractivity contribution in [3.8, 4) is 23.8 Å². The van der Waals surface area contributed by atoms with Crippen LogP contribution in [0.15, 0.2) is 48.5 Å². The van der Waals surface area contributed by atoms with E-state index in [0.717, 1.165) is 5.56 Å². The molecule has 2 heterocycles. The fourth-order valence-corrected chi connectivity index (χ4v) is 10.5. The number of ether oxygens (including phenoxy) is 6. The molecule has 79 heavy (non-hydrogen) atoms. The van der Waals surface area contributed by atoms with Gasteiger partial charge in [-0.15, -0.1) is 6.42 Å². The van der Waals surface area contributed by atoms with Crippen LogP contribution in [0.3, 0.4) is 0 Å². The molecule has 2 aliphatic heterocycles. The number of Topliss-reactive ketones (excluding diaryl/α,β-unsaturated/α-hetero) is 1. The van der Waals surface area contributed by atoms with Gasteiger partial charge in [-0.25, -0.2) is 14.4 Å². The molecule has 22 heteroatoms. The van der Waals surface area contributed by atoms with E-state index in [1.54, 1.807) is 61.9 Å². The summed E-state index contributed by atoms with van der Waals surface area (Å²) >= 11 is 0. The van der Waals surface area contributed by atoms with E-state index in [4.69, 9.17) is 34.8 Å². The lowest BCUT2D eigenvalue weighted by Gasteiger charge is -2.41. The molecule has 2 fully saturated rings. The Labute approximate surface area is 463 Å². The Hall–Kier alpha value is -6.35. The van der Waals surface area contributed by atoms with E-state index in [9.17, 15) is 59.1 Å². The van der Waals surface area contributed by atoms with Crippen molar-refractivity contribution in [2.75, 3.05) is 41.5 Å². The van der Waals surface area contributed by atoms with Crippen molar-refractivity contribution >= 4 is 41.5 Å². The van der Waals surface area contributed by atoms with Gasteiger partial charge in [0.2, 0.25) is 24.0 Å². The molecule has 0 saturated carbocycles. The zero-order chi connectivity index (χ0) is 59.0. The number of benzene rings is 2. The number of likely N-dealkylation sites (tertiary alicyclic amines) is 1. The van der Waals surface area contributed by atoms with Gasteiger partial charge in [0.25, 0.3) is 0 Å². The average Bonchev–Trinajstić information content (AvgIpc) is 3.93. The number of hydrogen-bond acceptors (Lipinski definition) is 16. The third-order valence-electron chi connectivity index (χ3n) is 15.1. The van der Waals surface area contributed by atoms with Gasteiger partial charge < -0.3 is 74.0 Å². The number of carboxylic acids is 2. The van der Waals surface area contributed by atoms with Gasteiger partial charge in [-0.2, -0.15) is 0 Å². The van der Waals surface area contributed by atoms with Gasteiger partial charge in [-0.3, -0.25) is 19.2 Å². The summed E-state index contributed by atoms with van der Waals surface area (Å²) in [4.78, 5) is 99.3. The summed E-state index contributed by atoms with van der Waals surface area (Å²) in [6.45, 7) is 12.5. The molecule has 4 amide bonds. The molecule has 0 radical (unpaired) electrons. The fraction of sp³-hybridized carbons (Fsp3) is 0.632. The van der Waals surface area contributed by atoms with Crippen LogP contribution in [0.1, 0.15) is 91.7 Å². The molecule has 2 aromatic rings. The van der Waals surface area contributed by atoms with Crippen LogP contribution in [0.4, 0.5) is 4.79 Å². The number of nitrogens with zero attached hydrogens (tertiary/aromatic N) is 3. The molecule has 4 rings (SSSR count). The SMILES string of the molecule is C#CCOc1cc(O[C@@H]2O[C@H](C(=O)O)[C@@H](O)[C@H](O)[C@H]2O)ccc1COC(=O)N(C)[C@H](C(=O)C[C@H](C(=O)N(C)[C@@H](C(C)CC)[C@@H](CC(=O)N1CCC[C@H]1[C@H](OC)[C@@H](C)C(=O)NC(Cc1ccccc1)C(=O)O)OC)C(C)C)C(C)C. The third-order valence-corrected chi connectivity index (χ3v) is 15.1. The monoisotopic (exact) mass is 1110 g/mol. The molecule has 22 nitrogen and oxygen atoms in total. The van der Waals surface area contributed by atoms with E-state index in [0.29, 0.717) is 31.4 Å². The molecule has 0 aromatic heterocycles. The third kappa shape index (κ3) is 16.8. The Balaban J connectivity index is 1.46. The number of likely N-dealkylation sites (N-methyl/N-ethyl adjacent to an activating group) is 2. The number of carbonyl (C=O) groups is 7. The minimum Gasteiger partial charge on any atom is -0.480 e. The number of hydrogen-bond donors (Lipinski definition) is 6. The zero-order valence-electron chi connectivity index (χ0n) is 47.2. The van der Waals surface area contributed by atoms with Gasteiger partial charge in [0.05, 0.1) is 42.7 Å². The smallest absolute Gasteiger partial charge is 0.410 e. The number of aliphatic hydroxyl groups excluding tert-OH is 3. The first kappa shape index (κ1) is 65.2. The number of carbonyl (C=O) groups excluding carboxylic acids is 5. The van der Waals surface area contributed by atoms with Crippen molar-refractivity contribution in [3.63, 3.8) is 0 Å². The number of ketones is 1. The fourth-order valence-electron chi connectivity index (χ4n) is 10.5. The summed E-state index contributed by atoms with van der Waals surface area (Å²) < 4.78 is 34.2. The van der Waals surface area contributed by atoms with Crippen molar-refractivity contribution < 1.29 is 87.5 Å². The highest BCUT2D eigenvalue weighted by atomic mass is 16.7. The van der Waals surface area contributed by atoms with E-state index in [1.807, 2.05) is 33.8 Å². The summed E-state index contributed by atoms with van der Waals surface area (Å²) in [6.07, 6.45) is -4.81. The van der Waals surface area contributed by atoms with Crippen LogP contribution in [0.5, 0.6) is 11.5 Å². The summed E-state index contributed by atoms with van der Waals surface area (Å²) in [5, 5.41) is 52.8. The molecule has 14 atom stereocenters. The van der Waals surface area contributed by atoms with E-state index in [1.165, 1.54) is 44.4 Å². The van der Waals surface area contributed by atoms with Crippen molar-refractivity contribution in [2.24, 2.45) is 29.6 Å². The van der Waals surface area contributed by atoms with Crippen molar-refractivity contribution in [1.29, 1.82) is 0 Å². The summed E-state index contributed by atoms with van der Waals surface area (Å²) in [7, 11) is 5.99. The Morgan fingerprint density at radius 2 is 1.54 bits per heavy atom. The van der Waals surface area contributed by atoms with Crippen LogP contribution >= 0.6 is 0 Å². The number of aliphatic hydroxyl groups is 3. The molecule has 0 bridgehead atoms. The van der Waals surface area contributed by atoms with Gasteiger partial charge in [-0.05, 0) is 48.3 Å². The lowest BCUT2D eigenvalue weighted by molar-refractivity contribution is -0.271. The van der Waals surface area contributed by atoms with Gasteiger partial charge in [0.15, 0.2) is 11.9 Å². The first-order valence-corrected chi connectivity index (χ1v) is 26.7. The molecule has 0 aliphatic carbocycles. The Bertz CT molecular complexity index is 2420. The maximum atomic E-state index is 14.8. The molecular weight excluding hydrogens is 1030 g/mol. The standard InChI is InChI=1S/C57H82N4O18/c1-13-25-76-42-27-37(78-56-49(66)47(64)48(65)51(79-56)55(71)72)23-22-36(42)30-77-57(73)60(10)45(32(5)6)41(62)28-38(31(3)4)53(68)59(9)46(33(7)14-2)43(74-11)29-44(63)61-24-18-21-40(61)50(75-12)34(8)52(67)58-39(54(69)70)26-35-19-16-15-17-20-35/h1,15-17,19-20,22-23,27,31-34,38-40,43,45-51,56,64-66H,14,18,21,24-26,28-30H2,2-12H3,(H,58,67)(H,69,70)(H,71,72)/t33?,34-,38+,39?,40+,43-,45+,46+,47+,48+,49-,50-,51+,56-/m1/s1. The number of rotatable bonds is 29. The predicted octanol–water partition coefficient (Wildman–Crippen LogP) is 3.53. The average molecular weight is 1110 g/mol. The predicted molar refractivity (Wildman–Crippen MR) is 286 cm³/mol. The normalized spacial score (nSPS) is 22.2. The number of amides is 4. The van der Waals surface area contributed by atoms with Gasteiger partial charge in [0, 0.05) is 65.2 Å². The van der Waals surface area contributed by atoms with Crippen LogP contribution in [-0.4, -0.2) is 190 Å². The summed E-state index contributed by atoms with van der Waals surface area (Å²) in [5.74, 6) is -4.61. The minimum atomic E-state index is -1.93.